The first-order valence-electron chi connectivity index (χ1n) is 15.5. The number of ether oxygens (including phenoxy) is 3. The van der Waals surface area contributed by atoms with Crippen LogP contribution in [0.2, 0.25) is 0 Å². The van der Waals surface area contributed by atoms with Crippen LogP contribution in [0.4, 0.5) is 0 Å². The minimum Gasteiger partial charge on any atom is -0.462 e. The minimum atomic E-state index is -0.134. The number of carbonyl (C=O) groups excluding carboxylic acids is 1. The standard InChI is InChI=1S/C34H56O4/c1-22(35)38-27-14-15-31(6)25(30(27,4)5)13-16-33(8)26(31)12-11-23-24-21-29(2,3)17-19-34(24,28(36-9)37-10)20-18-32(23,33)7/h11,24-28H,12-21H2,1-10H3/t24-,25-,26+,27-,31-,32+,33+,34-/m0/s1. The van der Waals surface area contributed by atoms with Gasteiger partial charge in [-0.15, -0.1) is 0 Å². The molecule has 216 valence electrons. The number of hydrogen-bond acceptors (Lipinski definition) is 4. The number of allylic oxidation sites excluding steroid dienone is 2. The van der Waals surface area contributed by atoms with Crippen molar-refractivity contribution in [3.63, 3.8) is 0 Å². The fourth-order valence-electron chi connectivity index (χ4n) is 11.7. The zero-order chi connectivity index (χ0) is 27.9. The van der Waals surface area contributed by atoms with Crippen LogP contribution in [0.1, 0.15) is 120 Å². The molecule has 0 bridgehead atoms. The van der Waals surface area contributed by atoms with E-state index in [-0.39, 0.29) is 45.4 Å². The second-order valence-electron chi connectivity index (χ2n) is 16.2. The van der Waals surface area contributed by atoms with Gasteiger partial charge < -0.3 is 14.2 Å². The van der Waals surface area contributed by atoms with Gasteiger partial charge in [-0.1, -0.05) is 60.1 Å². The summed E-state index contributed by atoms with van der Waals surface area (Å²) in [6, 6.07) is 0. The topological polar surface area (TPSA) is 44.8 Å². The molecule has 0 unspecified atom stereocenters. The van der Waals surface area contributed by atoms with Gasteiger partial charge in [0.2, 0.25) is 0 Å². The summed E-state index contributed by atoms with van der Waals surface area (Å²) in [5.41, 5.74) is 2.91. The highest BCUT2D eigenvalue weighted by Gasteiger charge is 2.69. The predicted molar refractivity (Wildman–Crippen MR) is 152 cm³/mol. The molecule has 5 aliphatic rings. The average molecular weight is 529 g/mol. The molecule has 8 atom stereocenters. The van der Waals surface area contributed by atoms with Gasteiger partial charge in [-0.3, -0.25) is 4.79 Å². The lowest BCUT2D eigenvalue weighted by Crippen LogP contribution is -2.65. The molecule has 0 saturated heterocycles. The largest absolute Gasteiger partial charge is 0.462 e. The number of carbonyl (C=O) groups is 1. The van der Waals surface area contributed by atoms with E-state index in [0.29, 0.717) is 23.2 Å². The van der Waals surface area contributed by atoms with Crippen LogP contribution in [0, 0.1) is 50.2 Å². The van der Waals surface area contributed by atoms with E-state index in [0.717, 1.165) is 12.8 Å². The molecule has 4 heteroatoms. The Morgan fingerprint density at radius 1 is 0.868 bits per heavy atom. The Balaban J connectivity index is 1.55. The molecule has 5 aliphatic carbocycles. The van der Waals surface area contributed by atoms with Crippen molar-refractivity contribution in [3.05, 3.63) is 11.6 Å². The molecule has 38 heavy (non-hydrogen) atoms. The smallest absolute Gasteiger partial charge is 0.302 e. The second-order valence-corrected chi connectivity index (χ2v) is 16.2. The summed E-state index contributed by atoms with van der Waals surface area (Å²) >= 11 is 0. The van der Waals surface area contributed by atoms with Gasteiger partial charge in [-0.2, -0.15) is 0 Å². The van der Waals surface area contributed by atoms with Crippen LogP contribution >= 0.6 is 0 Å². The maximum absolute atomic E-state index is 11.9. The molecule has 0 N–H and O–H groups in total. The van der Waals surface area contributed by atoms with Gasteiger partial charge in [0.1, 0.15) is 6.10 Å². The Labute approximate surface area is 233 Å². The van der Waals surface area contributed by atoms with E-state index in [1.165, 1.54) is 51.4 Å². The first kappa shape index (κ1) is 28.7. The fraction of sp³-hybridized carbons (Fsp3) is 0.912. The summed E-state index contributed by atoms with van der Waals surface area (Å²) < 4.78 is 18.1. The zero-order valence-corrected chi connectivity index (χ0v) is 26.2. The van der Waals surface area contributed by atoms with E-state index in [9.17, 15) is 4.79 Å². The van der Waals surface area contributed by atoms with E-state index in [4.69, 9.17) is 14.2 Å². The SMILES string of the molecule is COC(OC)[C@]12CCC(C)(C)C[C@H]1C1=CC[C@@H]3[C@@]4(C)CC[C@H](OC(C)=O)C(C)(C)[C@@H]4CC[C@@]3(C)[C@]1(C)CC2. The first-order valence-corrected chi connectivity index (χ1v) is 15.5. The quantitative estimate of drug-likeness (QED) is 0.209. The highest BCUT2D eigenvalue weighted by atomic mass is 16.7. The van der Waals surface area contributed by atoms with Crippen molar-refractivity contribution < 1.29 is 19.0 Å². The molecule has 0 aromatic rings. The average Bonchev–Trinajstić information content (AvgIpc) is 2.82. The lowest BCUT2D eigenvalue weighted by atomic mass is 9.33. The lowest BCUT2D eigenvalue weighted by Gasteiger charge is -2.71. The van der Waals surface area contributed by atoms with Gasteiger partial charge in [0.15, 0.2) is 6.29 Å². The van der Waals surface area contributed by atoms with Gasteiger partial charge >= 0.3 is 5.97 Å². The Morgan fingerprint density at radius 3 is 2.16 bits per heavy atom. The molecule has 4 fully saturated rings. The van der Waals surface area contributed by atoms with Gasteiger partial charge in [0, 0.05) is 32.0 Å². The molecular formula is C34H56O4. The van der Waals surface area contributed by atoms with Crippen molar-refractivity contribution in [1.82, 2.24) is 0 Å². The fourth-order valence-corrected chi connectivity index (χ4v) is 11.7. The highest BCUT2D eigenvalue weighted by Crippen LogP contribution is 2.76. The molecule has 0 heterocycles. The molecule has 0 radical (unpaired) electrons. The Morgan fingerprint density at radius 2 is 1.53 bits per heavy atom. The summed E-state index contributed by atoms with van der Waals surface area (Å²) in [4.78, 5) is 11.9. The predicted octanol–water partition coefficient (Wildman–Crippen LogP) is 8.34. The van der Waals surface area contributed by atoms with Crippen LogP contribution in [0.25, 0.3) is 0 Å². The molecule has 0 spiro atoms. The maximum atomic E-state index is 11.9. The minimum absolute atomic E-state index is 0.00413. The van der Waals surface area contributed by atoms with Crippen molar-refractivity contribution in [2.45, 2.75) is 132 Å². The molecule has 5 rings (SSSR count). The van der Waals surface area contributed by atoms with Crippen molar-refractivity contribution in [2.75, 3.05) is 14.2 Å². The Kier molecular flexibility index (Phi) is 6.84. The van der Waals surface area contributed by atoms with E-state index in [1.54, 1.807) is 12.5 Å². The van der Waals surface area contributed by atoms with Crippen molar-refractivity contribution in [3.8, 4) is 0 Å². The van der Waals surface area contributed by atoms with E-state index < -0.39 is 0 Å². The first-order chi connectivity index (χ1) is 17.6. The molecule has 4 saturated carbocycles. The third-order valence-corrected chi connectivity index (χ3v) is 13.8. The zero-order valence-electron chi connectivity index (χ0n) is 26.2. The van der Waals surface area contributed by atoms with Gasteiger partial charge in [-0.25, -0.2) is 0 Å². The van der Waals surface area contributed by atoms with Gasteiger partial charge in [0.25, 0.3) is 0 Å². The van der Waals surface area contributed by atoms with E-state index >= 15 is 0 Å². The molecular weight excluding hydrogens is 472 g/mol. The lowest BCUT2D eigenvalue weighted by molar-refractivity contribution is -0.241. The summed E-state index contributed by atoms with van der Waals surface area (Å²) in [6.45, 7) is 19.2. The van der Waals surface area contributed by atoms with Crippen LogP contribution < -0.4 is 0 Å². The molecule has 0 aromatic carbocycles. The van der Waals surface area contributed by atoms with Crippen LogP contribution in [0.3, 0.4) is 0 Å². The number of esters is 1. The third-order valence-electron chi connectivity index (χ3n) is 13.8. The monoisotopic (exact) mass is 528 g/mol. The normalized spacial score (nSPS) is 47.2. The molecule has 0 aliphatic heterocycles. The van der Waals surface area contributed by atoms with Crippen LogP contribution in [0.5, 0.6) is 0 Å². The van der Waals surface area contributed by atoms with Gasteiger partial charge in [-0.05, 0) is 104 Å². The summed E-state index contributed by atoms with van der Waals surface area (Å²) in [6.07, 6.45) is 14.5. The van der Waals surface area contributed by atoms with Crippen LogP contribution in [0.15, 0.2) is 11.6 Å². The van der Waals surface area contributed by atoms with E-state index in [1.807, 2.05) is 14.2 Å². The van der Waals surface area contributed by atoms with Crippen LogP contribution in [-0.4, -0.2) is 32.6 Å². The van der Waals surface area contributed by atoms with Crippen molar-refractivity contribution >= 4 is 5.97 Å². The summed E-state index contributed by atoms with van der Waals surface area (Å²) in [5, 5.41) is 0. The highest BCUT2D eigenvalue weighted by molar-refractivity contribution is 5.66. The number of methoxy groups -OCH3 is 2. The number of rotatable bonds is 4. The third kappa shape index (κ3) is 3.77. The van der Waals surface area contributed by atoms with Crippen molar-refractivity contribution in [2.24, 2.45) is 50.2 Å². The Hall–Kier alpha value is -0.870. The number of hydrogen-bond donors (Lipinski definition) is 0. The van der Waals surface area contributed by atoms with Gasteiger partial charge in [0.05, 0.1) is 0 Å². The molecule has 0 aromatic heterocycles. The van der Waals surface area contributed by atoms with E-state index in [2.05, 4.69) is 54.5 Å². The second kappa shape index (κ2) is 9.07. The molecule has 4 nitrogen and oxygen atoms in total. The summed E-state index contributed by atoms with van der Waals surface area (Å²) in [7, 11) is 3.69. The van der Waals surface area contributed by atoms with Crippen LogP contribution in [-0.2, 0) is 19.0 Å². The van der Waals surface area contributed by atoms with Crippen molar-refractivity contribution in [1.29, 1.82) is 0 Å². The Bertz CT molecular complexity index is 977. The molecule has 0 amide bonds. The number of fused-ring (bicyclic) bond motifs is 7. The summed E-state index contributed by atoms with van der Waals surface area (Å²) in [5.74, 6) is 1.63. The maximum Gasteiger partial charge on any atom is 0.302 e.